The van der Waals surface area contributed by atoms with Gasteiger partial charge in [0.25, 0.3) is 5.91 Å². The molecule has 4 heterocycles. The summed E-state index contributed by atoms with van der Waals surface area (Å²) < 4.78 is 55.3. The van der Waals surface area contributed by atoms with Crippen molar-refractivity contribution < 1.29 is 37.0 Å². The number of hydrogen-bond donors (Lipinski definition) is 1. The number of hydrogen-bond acceptors (Lipinski definition) is 10. The average molecular weight is 762 g/mol. The van der Waals surface area contributed by atoms with Crippen molar-refractivity contribution >= 4 is 56.9 Å². The summed E-state index contributed by atoms with van der Waals surface area (Å²) >= 11 is 2.79. The minimum absolute atomic E-state index is 0.0349. The van der Waals surface area contributed by atoms with Crippen LogP contribution in [-0.2, 0) is 27.0 Å². The van der Waals surface area contributed by atoms with Gasteiger partial charge in [-0.2, -0.15) is 13.2 Å². The third kappa shape index (κ3) is 8.01. The minimum Gasteiger partial charge on any atom is -0.491 e. The van der Waals surface area contributed by atoms with E-state index < -0.39 is 23.7 Å². The van der Waals surface area contributed by atoms with Crippen LogP contribution in [0.3, 0.4) is 0 Å². The van der Waals surface area contributed by atoms with E-state index in [0.717, 1.165) is 21.2 Å². The Balaban J connectivity index is 0.905. The number of halogens is 3. The molecule has 10 nitrogen and oxygen atoms in total. The molecule has 1 saturated heterocycles. The normalized spacial score (nSPS) is 15.9. The fraction of sp³-hybridized carbons (Fsp3) is 0.289. The molecule has 0 bridgehead atoms. The molecule has 0 saturated carbocycles. The van der Waals surface area contributed by atoms with Gasteiger partial charge in [-0.25, -0.2) is 9.97 Å². The number of aromatic nitrogens is 2. The second-order valence-electron chi connectivity index (χ2n) is 12.7. The Kier molecular flexibility index (Phi) is 10.4. The van der Waals surface area contributed by atoms with Crippen molar-refractivity contribution in [3.8, 4) is 27.4 Å². The van der Waals surface area contributed by atoms with E-state index >= 15 is 0 Å². The summed E-state index contributed by atoms with van der Waals surface area (Å²) in [7, 11) is 3.69. The highest BCUT2D eigenvalue weighted by molar-refractivity contribution is 7.99. The maximum absolute atomic E-state index is 14.3. The van der Waals surface area contributed by atoms with Crippen molar-refractivity contribution in [3.63, 3.8) is 0 Å². The molecule has 5 aromatic rings. The Morgan fingerprint density at radius 1 is 0.962 bits per heavy atom. The number of piperidine rings is 1. The van der Waals surface area contributed by atoms with Gasteiger partial charge in [0.2, 0.25) is 11.8 Å². The maximum Gasteiger partial charge on any atom is 0.417 e. The topological polar surface area (TPSA) is 114 Å². The van der Waals surface area contributed by atoms with Crippen molar-refractivity contribution in [2.75, 3.05) is 44.6 Å². The van der Waals surface area contributed by atoms with E-state index in [9.17, 15) is 27.6 Å². The largest absolute Gasteiger partial charge is 0.491 e. The molecule has 1 atom stereocenters. The fourth-order valence-electron chi connectivity index (χ4n) is 6.26. The van der Waals surface area contributed by atoms with E-state index in [4.69, 9.17) is 9.47 Å². The number of nitrogens with zero attached hydrogens (tertiary/aromatic N) is 4. The monoisotopic (exact) mass is 761 g/mol. The molecule has 274 valence electrons. The van der Waals surface area contributed by atoms with Gasteiger partial charge in [0.1, 0.15) is 29.2 Å². The highest BCUT2D eigenvalue weighted by Crippen LogP contribution is 2.42. The molecule has 3 amide bonds. The molecule has 0 spiro atoms. The quantitative estimate of drug-likeness (QED) is 0.0812. The number of fused-ring (bicyclic) bond motifs is 2. The van der Waals surface area contributed by atoms with Gasteiger partial charge in [0, 0.05) is 60.6 Å². The van der Waals surface area contributed by atoms with Crippen molar-refractivity contribution in [3.05, 3.63) is 89.6 Å². The van der Waals surface area contributed by atoms with E-state index in [-0.39, 0.29) is 30.3 Å². The van der Waals surface area contributed by atoms with Crippen LogP contribution < -0.4 is 15.0 Å². The molecule has 1 fully saturated rings. The maximum atomic E-state index is 14.3. The number of thioether (sulfide) groups is 1. The molecular formula is C38H34F3N5O5S2. The molecule has 1 unspecified atom stereocenters. The van der Waals surface area contributed by atoms with Crippen molar-refractivity contribution in [1.29, 1.82) is 0 Å². The van der Waals surface area contributed by atoms with Crippen LogP contribution in [0.1, 0.15) is 34.3 Å². The Morgan fingerprint density at radius 2 is 1.77 bits per heavy atom. The summed E-state index contributed by atoms with van der Waals surface area (Å²) in [5.74, 6) is 0.933. The second kappa shape index (κ2) is 15.2. The van der Waals surface area contributed by atoms with Crippen LogP contribution in [0.15, 0.2) is 77.8 Å². The van der Waals surface area contributed by atoms with Crippen molar-refractivity contribution in [1.82, 2.24) is 20.2 Å². The highest BCUT2D eigenvalue weighted by Gasteiger charge is 2.39. The zero-order valence-electron chi connectivity index (χ0n) is 28.7. The van der Waals surface area contributed by atoms with Gasteiger partial charge in [-0.3, -0.25) is 19.7 Å². The van der Waals surface area contributed by atoms with E-state index in [2.05, 4.69) is 15.3 Å². The summed E-state index contributed by atoms with van der Waals surface area (Å²) in [4.78, 5) is 49.8. The predicted octanol–water partition coefficient (Wildman–Crippen LogP) is 7.06. The molecule has 1 N–H and O–H groups in total. The molecule has 0 aliphatic carbocycles. The van der Waals surface area contributed by atoms with Crippen molar-refractivity contribution in [2.45, 2.75) is 36.5 Å². The summed E-state index contributed by atoms with van der Waals surface area (Å²) in [5, 5.41) is 2.60. The van der Waals surface area contributed by atoms with Crippen molar-refractivity contribution in [2.24, 2.45) is 0 Å². The van der Waals surface area contributed by atoms with Gasteiger partial charge < -0.3 is 19.3 Å². The number of amides is 3. The Morgan fingerprint density at radius 3 is 2.53 bits per heavy atom. The lowest BCUT2D eigenvalue weighted by Crippen LogP contribution is -2.52. The number of imide groups is 1. The molecule has 2 aliphatic heterocycles. The van der Waals surface area contributed by atoms with Gasteiger partial charge in [-0.05, 0) is 72.1 Å². The average Bonchev–Trinajstić information content (AvgIpc) is 3.70. The summed E-state index contributed by atoms with van der Waals surface area (Å²) in [6.07, 6.45) is -2.50. The molecule has 7 rings (SSSR count). The Labute approximate surface area is 311 Å². The van der Waals surface area contributed by atoms with Crippen LogP contribution in [-0.4, -0.2) is 78.3 Å². The van der Waals surface area contributed by atoms with Gasteiger partial charge in [0.15, 0.2) is 0 Å². The number of alkyl halides is 3. The number of ether oxygens (including phenoxy) is 2. The van der Waals surface area contributed by atoms with E-state index in [0.29, 0.717) is 70.8 Å². The molecule has 53 heavy (non-hydrogen) atoms. The first-order valence-corrected chi connectivity index (χ1v) is 18.6. The summed E-state index contributed by atoms with van der Waals surface area (Å²) in [6.45, 7) is 1.36. The number of pyridine rings is 1. The highest BCUT2D eigenvalue weighted by atomic mass is 32.2. The van der Waals surface area contributed by atoms with Gasteiger partial charge >= 0.3 is 6.18 Å². The molecule has 0 radical (unpaired) electrons. The lowest BCUT2D eigenvalue weighted by Gasteiger charge is -2.29. The number of anilines is 1. The first-order valence-electron chi connectivity index (χ1n) is 16.8. The number of carbonyl (C=O) groups is 3. The lowest BCUT2D eigenvalue weighted by atomic mass is 10.00. The predicted molar refractivity (Wildman–Crippen MR) is 197 cm³/mol. The molecule has 15 heteroatoms. The van der Waals surface area contributed by atoms with Crippen LogP contribution in [0, 0.1) is 0 Å². The number of thiazole rings is 1. The van der Waals surface area contributed by atoms with Crippen LogP contribution >= 0.6 is 23.1 Å². The smallest absolute Gasteiger partial charge is 0.417 e. The SMILES string of the molecule is CN(C)c1ccc(-c2ccc(-c3nc4ccc(SCCOCCOc5ccc6c(c5)CN(C5CCC(=O)NC5=O)C6=O)cc4s3)c(C(F)(F)F)c2)cn1. The van der Waals surface area contributed by atoms with E-state index in [1.54, 1.807) is 54.4 Å². The Hall–Kier alpha value is -4.99. The van der Waals surface area contributed by atoms with Gasteiger partial charge in [0.05, 0.1) is 29.0 Å². The Bertz CT molecular complexity index is 2190. The van der Waals surface area contributed by atoms with Crippen LogP contribution in [0.4, 0.5) is 19.0 Å². The number of rotatable bonds is 12. The van der Waals surface area contributed by atoms with Gasteiger partial charge in [-0.15, -0.1) is 23.1 Å². The molecule has 2 aromatic heterocycles. The van der Waals surface area contributed by atoms with E-state index in [1.165, 1.54) is 22.3 Å². The molecule has 2 aliphatic rings. The summed E-state index contributed by atoms with van der Waals surface area (Å²) in [6, 6.07) is 18.0. The zero-order valence-corrected chi connectivity index (χ0v) is 30.4. The third-order valence-electron chi connectivity index (χ3n) is 8.94. The van der Waals surface area contributed by atoms with Crippen LogP contribution in [0.2, 0.25) is 0 Å². The standard InChI is InChI=1S/C38H34F3N5O5S2/c1-45(2)33-11-4-23(20-42-33)22-3-7-28(29(18-22)38(39,40)41)36-43-30-9-6-26(19-32(30)53-36)52-16-15-50-13-14-51-25-5-8-27-24(17-25)21-46(37(27)49)31-10-12-34(47)44-35(31)48/h3-9,11,17-20,31H,10,12-16,21H2,1-2H3,(H,44,47,48). The second-order valence-corrected chi connectivity index (χ2v) is 14.9. The number of nitrogens with one attached hydrogen (secondary N) is 1. The molecular weight excluding hydrogens is 728 g/mol. The zero-order chi connectivity index (χ0) is 37.3. The van der Waals surface area contributed by atoms with E-state index in [1.807, 2.05) is 37.2 Å². The summed E-state index contributed by atoms with van der Waals surface area (Å²) in [5.41, 5.74) is 2.21. The first kappa shape index (κ1) is 36.4. The van der Waals surface area contributed by atoms with Crippen LogP contribution in [0.25, 0.3) is 31.9 Å². The minimum atomic E-state index is -4.57. The van der Waals surface area contributed by atoms with Crippen LogP contribution in [0.5, 0.6) is 5.75 Å². The fourth-order valence-corrected chi connectivity index (χ4v) is 8.18. The molecule has 3 aromatic carbocycles. The third-order valence-corrected chi connectivity index (χ3v) is 11.0. The lowest BCUT2D eigenvalue weighted by molar-refractivity contribution is -0.138. The number of benzene rings is 3. The first-order chi connectivity index (χ1) is 25.4. The van der Waals surface area contributed by atoms with Gasteiger partial charge in [-0.1, -0.05) is 12.1 Å². The number of carbonyl (C=O) groups excluding carboxylic acids is 3.